The summed E-state index contributed by atoms with van der Waals surface area (Å²) in [6, 6.07) is 8.93. The summed E-state index contributed by atoms with van der Waals surface area (Å²) in [5, 5.41) is 16.5. The maximum Gasteiger partial charge on any atom is 0.272 e. The molecule has 0 saturated carbocycles. The molecule has 2 aromatic rings. The van der Waals surface area contributed by atoms with E-state index in [0.717, 1.165) is 16.9 Å². The fourth-order valence-corrected chi connectivity index (χ4v) is 2.89. The molecule has 7 heteroatoms. The second kappa shape index (κ2) is 7.45. The largest absolute Gasteiger partial charge is 0.331 e. The first-order valence-electron chi connectivity index (χ1n) is 7.74. The molecule has 2 N–H and O–H groups in total. The van der Waals surface area contributed by atoms with Crippen molar-refractivity contribution >= 4 is 28.3 Å². The molecule has 1 atom stereocenters. The van der Waals surface area contributed by atoms with E-state index in [2.05, 4.69) is 42.5 Å². The van der Waals surface area contributed by atoms with Crippen LogP contribution in [0.4, 0.5) is 5.13 Å². The van der Waals surface area contributed by atoms with Crippen molar-refractivity contribution in [2.75, 3.05) is 5.32 Å². The lowest BCUT2D eigenvalue weighted by Crippen LogP contribution is -2.28. The molecule has 2 amide bonds. The van der Waals surface area contributed by atoms with Gasteiger partial charge in [0.05, 0.1) is 6.07 Å². The van der Waals surface area contributed by atoms with Gasteiger partial charge in [0.25, 0.3) is 5.91 Å². The van der Waals surface area contributed by atoms with Crippen LogP contribution in [-0.4, -0.2) is 16.8 Å². The van der Waals surface area contributed by atoms with Gasteiger partial charge in [0, 0.05) is 12.3 Å². The van der Waals surface area contributed by atoms with Crippen LogP contribution >= 0.6 is 11.3 Å². The van der Waals surface area contributed by atoms with Crippen molar-refractivity contribution in [3.05, 3.63) is 46.5 Å². The monoisotopic (exact) mass is 356 g/mol. The van der Waals surface area contributed by atoms with Crippen LogP contribution in [0, 0.1) is 11.3 Å². The van der Waals surface area contributed by atoms with E-state index in [0.29, 0.717) is 10.7 Å². The van der Waals surface area contributed by atoms with Gasteiger partial charge in [0.15, 0.2) is 5.13 Å². The molecule has 0 saturated heterocycles. The fraction of sp³-hybridized carbons (Fsp3) is 0.333. The Morgan fingerprint density at radius 1 is 1.24 bits per heavy atom. The number of amides is 2. The molecule has 1 aromatic heterocycles. The number of nitrogens with one attached hydrogen (secondary N) is 2. The quantitative estimate of drug-likeness (QED) is 0.878. The van der Waals surface area contributed by atoms with E-state index in [-0.39, 0.29) is 17.0 Å². The molecule has 0 aliphatic carbocycles. The fourth-order valence-electron chi connectivity index (χ4n) is 2.16. The maximum atomic E-state index is 12.3. The first-order valence-corrected chi connectivity index (χ1v) is 8.62. The number of carbonyl (C=O) groups excluding carboxylic acids is 2. The van der Waals surface area contributed by atoms with Gasteiger partial charge in [0.1, 0.15) is 11.7 Å². The van der Waals surface area contributed by atoms with E-state index in [1.54, 1.807) is 0 Å². The lowest BCUT2D eigenvalue weighted by atomic mass is 9.86. The molecular weight excluding hydrogens is 336 g/mol. The third-order valence-electron chi connectivity index (χ3n) is 3.53. The number of thiazole rings is 1. The highest BCUT2D eigenvalue weighted by atomic mass is 32.1. The Morgan fingerprint density at radius 2 is 1.88 bits per heavy atom. The Morgan fingerprint density at radius 3 is 2.40 bits per heavy atom. The molecular formula is C18H20N4O2S. The van der Waals surface area contributed by atoms with E-state index in [9.17, 15) is 14.9 Å². The van der Waals surface area contributed by atoms with Gasteiger partial charge in [0.2, 0.25) is 5.91 Å². The van der Waals surface area contributed by atoms with Crippen LogP contribution in [-0.2, 0) is 10.2 Å². The number of benzene rings is 1. The number of rotatable bonds is 4. The zero-order chi connectivity index (χ0) is 18.6. The molecule has 0 fully saturated rings. The van der Waals surface area contributed by atoms with Gasteiger partial charge >= 0.3 is 0 Å². The van der Waals surface area contributed by atoms with E-state index < -0.39 is 11.9 Å². The lowest BCUT2D eigenvalue weighted by molar-refractivity contribution is -0.114. The highest BCUT2D eigenvalue weighted by Gasteiger charge is 2.19. The van der Waals surface area contributed by atoms with Crippen molar-refractivity contribution < 1.29 is 9.59 Å². The molecule has 0 aliphatic heterocycles. The minimum Gasteiger partial charge on any atom is -0.331 e. The lowest BCUT2D eigenvalue weighted by Gasteiger charge is -2.20. The summed E-state index contributed by atoms with van der Waals surface area (Å²) < 4.78 is 0. The molecule has 25 heavy (non-hydrogen) atoms. The first-order chi connectivity index (χ1) is 11.7. The van der Waals surface area contributed by atoms with Crippen molar-refractivity contribution in [3.63, 3.8) is 0 Å². The molecule has 0 bridgehead atoms. The number of hydrogen-bond acceptors (Lipinski definition) is 5. The number of anilines is 1. The third-order valence-corrected chi connectivity index (χ3v) is 4.29. The highest BCUT2D eigenvalue weighted by Crippen LogP contribution is 2.24. The van der Waals surface area contributed by atoms with Crippen molar-refractivity contribution in [3.8, 4) is 6.07 Å². The van der Waals surface area contributed by atoms with Crippen molar-refractivity contribution in [1.29, 1.82) is 5.26 Å². The summed E-state index contributed by atoms with van der Waals surface area (Å²) in [6.07, 6.45) is 0. The SMILES string of the molecule is CC(=O)Nc1nc(C(=O)NC(C#N)c2ccc(C(C)(C)C)cc2)cs1. The zero-order valence-corrected chi connectivity index (χ0v) is 15.4. The zero-order valence-electron chi connectivity index (χ0n) is 14.6. The minimum absolute atomic E-state index is 0.0185. The van der Waals surface area contributed by atoms with Gasteiger partial charge in [-0.3, -0.25) is 9.59 Å². The number of nitriles is 1. The predicted molar refractivity (Wildman–Crippen MR) is 97.4 cm³/mol. The van der Waals surface area contributed by atoms with Gasteiger partial charge in [-0.15, -0.1) is 11.3 Å². The predicted octanol–water partition coefficient (Wildman–Crippen LogP) is 3.39. The maximum absolute atomic E-state index is 12.3. The van der Waals surface area contributed by atoms with Crippen LogP contribution in [0.3, 0.4) is 0 Å². The normalized spacial score (nSPS) is 12.1. The van der Waals surface area contributed by atoms with Crippen LogP contribution in [0.25, 0.3) is 0 Å². The smallest absolute Gasteiger partial charge is 0.272 e. The van der Waals surface area contributed by atoms with Crippen molar-refractivity contribution in [2.45, 2.75) is 39.2 Å². The molecule has 0 spiro atoms. The van der Waals surface area contributed by atoms with Crippen LogP contribution in [0.15, 0.2) is 29.6 Å². The molecule has 130 valence electrons. The Bertz CT molecular complexity index is 813. The molecule has 1 unspecified atom stereocenters. The number of hydrogen-bond donors (Lipinski definition) is 2. The molecule has 2 rings (SSSR count). The first kappa shape index (κ1) is 18.6. The van der Waals surface area contributed by atoms with Gasteiger partial charge in [-0.2, -0.15) is 5.26 Å². The summed E-state index contributed by atoms with van der Waals surface area (Å²) in [5.74, 6) is -0.713. The summed E-state index contributed by atoms with van der Waals surface area (Å²) in [7, 11) is 0. The van der Waals surface area contributed by atoms with E-state index in [4.69, 9.17) is 0 Å². The van der Waals surface area contributed by atoms with E-state index >= 15 is 0 Å². The highest BCUT2D eigenvalue weighted by molar-refractivity contribution is 7.14. The van der Waals surface area contributed by atoms with Crippen LogP contribution in [0.2, 0.25) is 0 Å². The number of nitrogens with zero attached hydrogens (tertiary/aromatic N) is 2. The van der Waals surface area contributed by atoms with E-state index in [1.807, 2.05) is 24.3 Å². The number of aromatic nitrogens is 1. The Kier molecular flexibility index (Phi) is 5.55. The van der Waals surface area contributed by atoms with Gasteiger partial charge in [-0.05, 0) is 16.5 Å². The average Bonchev–Trinajstić information content (AvgIpc) is 2.99. The topological polar surface area (TPSA) is 94.9 Å². The van der Waals surface area contributed by atoms with Crippen LogP contribution in [0.5, 0.6) is 0 Å². The molecule has 1 heterocycles. The summed E-state index contributed by atoms with van der Waals surface area (Å²) >= 11 is 1.15. The second-order valence-electron chi connectivity index (χ2n) is 6.63. The van der Waals surface area contributed by atoms with Crippen LogP contribution < -0.4 is 10.6 Å². The Labute approximate surface area is 150 Å². The number of carbonyl (C=O) groups is 2. The summed E-state index contributed by atoms with van der Waals surface area (Å²) in [6.45, 7) is 7.70. The molecule has 0 radical (unpaired) electrons. The Hall–Kier alpha value is -2.72. The van der Waals surface area contributed by atoms with Gasteiger partial charge in [-0.25, -0.2) is 4.98 Å². The summed E-state index contributed by atoms with van der Waals surface area (Å²) in [4.78, 5) is 27.3. The summed E-state index contributed by atoms with van der Waals surface area (Å²) in [5.41, 5.74) is 2.05. The molecule has 1 aromatic carbocycles. The van der Waals surface area contributed by atoms with Crippen LogP contribution in [0.1, 0.15) is 55.4 Å². The van der Waals surface area contributed by atoms with Crippen molar-refractivity contribution in [2.24, 2.45) is 0 Å². The average molecular weight is 356 g/mol. The van der Waals surface area contributed by atoms with Gasteiger partial charge in [-0.1, -0.05) is 45.0 Å². The minimum atomic E-state index is -0.771. The van der Waals surface area contributed by atoms with Gasteiger partial charge < -0.3 is 10.6 Å². The standard InChI is InChI=1S/C18H20N4O2S/c1-11(23)20-17-22-15(10-25-17)16(24)21-14(9-19)12-5-7-13(8-6-12)18(2,3)4/h5-8,10,14H,1-4H3,(H,21,24)(H,20,22,23). The molecule has 0 aliphatic rings. The molecule has 6 nitrogen and oxygen atoms in total. The van der Waals surface area contributed by atoms with Crippen molar-refractivity contribution in [1.82, 2.24) is 10.3 Å². The van der Waals surface area contributed by atoms with E-state index in [1.165, 1.54) is 12.3 Å². The Balaban J connectivity index is 2.11. The second-order valence-corrected chi connectivity index (χ2v) is 7.48. The third kappa shape index (κ3) is 4.88.